The number of para-hydroxylation sites is 2. The molecule has 39 heavy (non-hydrogen) atoms. The molecule has 0 spiro atoms. The molecule has 4 rings (SSSR count). The zero-order valence-electron chi connectivity index (χ0n) is 23.0. The van der Waals surface area contributed by atoms with Crippen LogP contribution in [0.25, 0.3) is 17.2 Å². The van der Waals surface area contributed by atoms with Crippen LogP contribution in [-0.4, -0.2) is 19.1 Å². The maximum absolute atomic E-state index is 12.3. The van der Waals surface area contributed by atoms with E-state index in [0.29, 0.717) is 24.6 Å². The molecule has 0 atom stereocenters. The zero-order chi connectivity index (χ0) is 27.8. The molecule has 0 unspecified atom stereocenters. The Kier molecular flexibility index (Phi) is 9.31. The van der Waals surface area contributed by atoms with Gasteiger partial charge in [-0.1, -0.05) is 61.0 Å². The first kappa shape index (κ1) is 28.2. The normalized spacial score (nSPS) is 14.8. The molecule has 3 aromatic rings. The summed E-state index contributed by atoms with van der Waals surface area (Å²) in [5, 5.41) is 0.688. The summed E-state index contributed by atoms with van der Waals surface area (Å²) >= 11 is 6.15. The second-order valence-electron chi connectivity index (χ2n) is 9.88. The molecule has 0 fully saturated rings. The van der Waals surface area contributed by atoms with Gasteiger partial charge >= 0.3 is 11.9 Å². The minimum absolute atomic E-state index is 0.156. The largest absolute Gasteiger partial charge is 0.465 e. The van der Waals surface area contributed by atoms with E-state index in [1.54, 1.807) is 0 Å². The minimum atomic E-state index is -0.459. The minimum Gasteiger partial charge on any atom is -0.465 e. The maximum Gasteiger partial charge on any atom is 0.374 e. The van der Waals surface area contributed by atoms with Crippen LogP contribution in [0.3, 0.4) is 0 Å². The number of anilines is 1. The van der Waals surface area contributed by atoms with Gasteiger partial charge in [0.15, 0.2) is 12.3 Å². The van der Waals surface area contributed by atoms with Gasteiger partial charge in [0.05, 0.1) is 23.8 Å². The Morgan fingerprint density at radius 1 is 1.08 bits per heavy atom. The first-order valence-corrected chi connectivity index (χ1v) is 13.8. The molecule has 0 N–H and O–H groups in total. The second kappa shape index (κ2) is 12.9. The fraction of sp³-hybridized carbons (Fsp3) is 0.312. The van der Waals surface area contributed by atoms with Crippen LogP contribution in [0.1, 0.15) is 46.4 Å². The van der Waals surface area contributed by atoms with Crippen molar-refractivity contribution < 1.29 is 23.3 Å². The molecule has 0 bridgehead atoms. The lowest BCUT2D eigenvalue weighted by Crippen LogP contribution is -2.36. The number of carbonyl (C=O) groups is 1. The monoisotopic (exact) mass is 547 g/mol. The highest BCUT2D eigenvalue weighted by molar-refractivity contribution is 6.31. The lowest BCUT2D eigenvalue weighted by atomic mass is 9.91. The molecule has 204 valence electrons. The van der Waals surface area contributed by atoms with Crippen LogP contribution in [0.15, 0.2) is 89.2 Å². The molecule has 1 aliphatic heterocycles. The van der Waals surface area contributed by atoms with Gasteiger partial charge in [0, 0.05) is 24.1 Å². The number of hydrogen-bond acceptors (Lipinski definition) is 5. The molecule has 6 nitrogen and oxygen atoms in total. The van der Waals surface area contributed by atoms with Crippen molar-refractivity contribution >= 4 is 40.4 Å². The SMILES string of the molecule is CCN1\C(=C/C=C/C=C/C=C/c2oc3ccccc3[n+]2CCCOC(=O)C(C)(C)CC)Oc2ccc(Cl)cc21. The van der Waals surface area contributed by atoms with Crippen LogP contribution in [0.5, 0.6) is 5.75 Å². The van der Waals surface area contributed by atoms with Gasteiger partial charge in [0.25, 0.3) is 5.52 Å². The van der Waals surface area contributed by atoms with E-state index in [1.165, 1.54) is 0 Å². The fourth-order valence-corrected chi connectivity index (χ4v) is 4.29. The van der Waals surface area contributed by atoms with Crippen molar-refractivity contribution in [1.82, 2.24) is 0 Å². The lowest BCUT2D eigenvalue weighted by molar-refractivity contribution is -0.678. The number of allylic oxidation sites excluding steroid dienone is 6. The van der Waals surface area contributed by atoms with Crippen LogP contribution in [0, 0.1) is 5.41 Å². The smallest absolute Gasteiger partial charge is 0.374 e. The lowest BCUT2D eigenvalue weighted by Gasteiger charge is -2.19. The van der Waals surface area contributed by atoms with Crippen LogP contribution >= 0.6 is 11.6 Å². The quantitative estimate of drug-likeness (QED) is 0.107. The average molecular weight is 548 g/mol. The Morgan fingerprint density at radius 2 is 1.85 bits per heavy atom. The number of aromatic nitrogens is 1. The standard InChI is InChI=1S/C32H36ClN2O4/c1-5-32(3,4)31(36)37-22-14-21-35-25-15-12-13-16-27(25)38-30(35)18-11-9-7-8-10-17-29-34(6-2)26-23-24(33)19-20-28(26)39-29/h7-13,15-20,23H,5-6,14,21-22H2,1-4H3/q+1. The van der Waals surface area contributed by atoms with E-state index in [-0.39, 0.29) is 5.97 Å². The maximum atomic E-state index is 12.3. The predicted molar refractivity (Wildman–Crippen MR) is 157 cm³/mol. The summed E-state index contributed by atoms with van der Waals surface area (Å²) in [6.07, 6.45) is 15.0. The van der Waals surface area contributed by atoms with E-state index in [1.807, 2.05) is 106 Å². The van der Waals surface area contributed by atoms with Crippen molar-refractivity contribution in [3.8, 4) is 5.75 Å². The predicted octanol–water partition coefficient (Wildman–Crippen LogP) is 7.63. The van der Waals surface area contributed by atoms with Crippen LogP contribution < -0.4 is 14.2 Å². The number of esters is 1. The van der Waals surface area contributed by atoms with Crippen molar-refractivity contribution in [2.45, 2.75) is 47.1 Å². The molecule has 1 aromatic heterocycles. The Hall–Kier alpha value is -3.77. The van der Waals surface area contributed by atoms with Gasteiger partial charge in [0.2, 0.25) is 11.5 Å². The summed E-state index contributed by atoms with van der Waals surface area (Å²) < 4.78 is 19.7. The Balaban J connectivity index is 1.37. The highest BCUT2D eigenvalue weighted by atomic mass is 35.5. The summed E-state index contributed by atoms with van der Waals surface area (Å²) in [5.74, 6) is 2.15. The van der Waals surface area contributed by atoms with Crippen LogP contribution in [0.4, 0.5) is 5.69 Å². The van der Waals surface area contributed by atoms with Crippen molar-refractivity contribution in [2.24, 2.45) is 5.41 Å². The highest BCUT2D eigenvalue weighted by Crippen LogP contribution is 2.40. The topological polar surface area (TPSA) is 55.8 Å². The second-order valence-corrected chi connectivity index (χ2v) is 10.3. The molecule has 0 amide bonds. The number of hydrogen-bond donors (Lipinski definition) is 0. The van der Waals surface area contributed by atoms with E-state index < -0.39 is 5.41 Å². The van der Waals surface area contributed by atoms with Crippen LogP contribution in [0.2, 0.25) is 5.02 Å². The van der Waals surface area contributed by atoms with E-state index in [2.05, 4.69) is 16.4 Å². The third-order valence-electron chi connectivity index (χ3n) is 6.76. The summed E-state index contributed by atoms with van der Waals surface area (Å²) in [5.41, 5.74) is 2.34. The molecule has 0 radical (unpaired) electrons. The van der Waals surface area contributed by atoms with Crippen molar-refractivity contribution in [3.63, 3.8) is 0 Å². The van der Waals surface area contributed by atoms with Gasteiger partial charge in [-0.15, -0.1) is 0 Å². The molecule has 0 aliphatic carbocycles. The third kappa shape index (κ3) is 6.82. The number of halogens is 1. The van der Waals surface area contributed by atoms with E-state index >= 15 is 0 Å². The molecule has 0 saturated carbocycles. The zero-order valence-corrected chi connectivity index (χ0v) is 23.8. The van der Waals surface area contributed by atoms with Crippen molar-refractivity contribution in [3.05, 3.63) is 95.7 Å². The summed E-state index contributed by atoms with van der Waals surface area (Å²) in [7, 11) is 0. The first-order valence-electron chi connectivity index (χ1n) is 13.4. The fourth-order valence-electron chi connectivity index (χ4n) is 4.13. The summed E-state index contributed by atoms with van der Waals surface area (Å²) in [6.45, 7) is 9.72. The Bertz CT molecular complexity index is 1430. The van der Waals surface area contributed by atoms with Gasteiger partial charge in [-0.05, 0) is 57.5 Å². The number of aryl methyl sites for hydroxylation is 1. The van der Waals surface area contributed by atoms with Crippen molar-refractivity contribution in [2.75, 3.05) is 18.1 Å². The number of fused-ring (bicyclic) bond motifs is 2. The van der Waals surface area contributed by atoms with E-state index in [4.69, 9.17) is 25.5 Å². The van der Waals surface area contributed by atoms with E-state index in [9.17, 15) is 4.79 Å². The Morgan fingerprint density at radius 3 is 2.64 bits per heavy atom. The number of carbonyl (C=O) groups excluding carboxylic acids is 1. The number of rotatable bonds is 11. The molecule has 7 heteroatoms. The van der Waals surface area contributed by atoms with Gasteiger partial charge in [-0.2, -0.15) is 4.57 Å². The highest BCUT2D eigenvalue weighted by Gasteiger charge is 2.27. The molecule has 2 heterocycles. The van der Waals surface area contributed by atoms with Gasteiger partial charge in [-0.25, -0.2) is 0 Å². The van der Waals surface area contributed by atoms with Gasteiger partial charge in [-0.3, -0.25) is 4.79 Å². The van der Waals surface area contributed by atoms with E-state index in [0.717, 1.165) is 47.3 Å². The average Bonchev–Trinajstić information content (AvgIpc) is 3.46. The molecule has 1 aliphatic rings. The number of ether oxygens (including phenoxy) is 2. The van der Waals surface area contributed by atoms with Crippen molar-refractivity contribution in [1.29, 1.82) is 0 Å². The first-order chi connectivity index (χ1) is 18.8. The van der Waals surface area contributed by atoms with Gasteiger partial charge < -0.3 is 18.8 Å². The summed E-state index contributed by atoms with van der Waals surface area (Å²) in [4.78, 5) is 14.4. The number of nitrogens with zero attached hydrogens (tertiary/aromatic N) is 2. The number of oxazole rings is 1. The third-order valence-corrected chi connectivity index (χ3v) is 7.00. The molecular formula is C32H36ClN2O4+. The Labute approximate surface area is 235 Å². The van der Waals surface area contributed by atoms with Gasteiger partial charge in [0.1, 0.15) is 0 Å². The number of benzene rings is 2. The molecule has 0 saturated heterocycles. The molecule has 2 aromatic carbocycles. The molecular weight excluding hydrogens is 512 g/mol. The summed E-state index contributed by atoms with van der Waals surface area (Å²) in [6, 6.07) is 13.6. The van der Waals surface area contributed by atoms with Crippen LogP contribution in [-0.2, 0) is 16.1 Å².